The number of nitrogens with zero attached hydrogens (tertiary/aromatic N) is 1. The van der Waals surface area contributed by atoms with Crippen molar-refractivity contribution in [3.8, 4) is 0 Å². The van der Waals surface area contributed by atoms with E-state index in [1.54, 1.807) is 4.90 Å². The first-order chi connectivity index (χ1) is 12.1. The first kappa shape index (κ1) is 16.6. The number of rotatable bonds is 1. The Bertz CT molecular complexity index is 787. The van der Waals surface area contributed by atoms with E-state index in [4.69, 9.17) is 11.6 Å². The molecule has 0 aromatic heterocycles. The van der Waals surface area contributed by atoms with E-state index in [-0.39, 0.29) is 11.9 Å². The molecule has 130 valence electrons. The minimum atomic E-state index is -0.550. The van der Waals surface area contributed by atoms with Gasteiger partial charge in [0.2, 0.25) is 5.91 Å². The number of amides is 1. The van der Waals surface area contributed by atoms with Gasteiger partial charge in [-0.3, -0.25) is 10.1 Å². The summed E-state index contributed by atoms with van der Waals surface area (Å²) in [5.41, 5.74) is 2.56. The van der Waals surface area contributed by atoms with Crippen molar-refractivity contribution in [2.24, 2.45) is 0 Å². The van der Waals surface area contributed by atoms with Crippen LogP contribution in [0.5, 0.6) is 0 Å². The normalized spacial score (nSPS) is 22.6. The first-order valence-corrected chi connectivity index (χ1v) is 9.09. The molecule has 2 heterocycles. The van der Waals surface area contributed by atoms with Crippen molar-refractivity contribution in [2.75, 3.05) is 25.0 Å². The Morgan fingerprint density at radius 2 is 1.84 bits per heavy atom. The quantitative estimate of drug-likeness (QED) is 0.826. The van der Waals surface area contributed by atoms with E-state index >= 15 is 0 Å². The van der Waals surface area contributed by atoms with Crippen LogP contribution in [-0.4, -0.2) is 31.6 Å². The number of hydrogen-bond acceptors (Lipinski definition) is 3. The topological polar surface area (TPSA) is 44.4 Å². The van der Waals surface area contributed by atoms with Crippen LogP contribution < -0.4 is 15.5 Å². The van der Waals surface area contributed by atoms with Crippen LogP contribution in [0.1, 0.15) is 30.0 Å². The SMILES string of the molecule is CN1C(=O)C2(CCNCC2)NC(c2ccccc2)c2cc(Cl)ccc21. The minimum Gasteiger partial charge on any atom is -0.317 e. The predicted octanol–water partition coefficient (Wildman–Crippen LogP) is 3.12. The molecule has 1 unspecified atom stereocenters. The molecule has 0 saturated carbocycles. The van der Waals surface area contributed by atoms with Gasteiger partial charge in [-0.25, -0.2) is 0 Å². The van der Waals surface area contributed by atoms with Crippen molar-refractivity contribution in [1.82, 2.24) is 10.6 Å². The van der Waals surface area contributed by atoms with Gasteiger partial charge in [0.25, 0.3) is 0 Å². The second kappa shape index (κ2) is 6.45. The fraction of sp³-hybridized carbons (Fsp3) is 0.350. The Balaban J connectivity index is 1.89. The van der Waals surface area contributed by atoms with E-state index < -0.39 is 5.54 Å². The van der Waals surface area contributed by atoms with Gasteiger partial charge in [0.05, 0.1) is 6.04 Å². The number of benzene rings is 2. The molecule has 25 heavy (non-hydrogen) atoms. The zero-order valence-corrected chi connectivity index (χ0v) is 15.0. The van der Waals surface area contributed by atoms with E-state index in [1.165, 1.54) is 0 Å². The number of likely N-dealkylation sites (N-methyl/N-ethyl adjacent to an activating group) is 1. The third kappa shape index (κ3) is 2.84. The average Bonchev–Trinajstić information content (AvgIpc) is 2.73. The summed E-state index contributed by atoms with van der Waals surface area (Å²) in [5, 5.41) is 7.77. The summed E-state index contributed by atoms with van der Waals surface area (Å²) >= 11 is 6.30. The highest BCUT2D eigenvalue weighted by molar-refractivity contribution is 6.30. The molecule has 1 atom stereocenters. The van der Waals surface area contributed by atoms with Crippen molar-refractivity contribution in [2.45, 2.75) is 24.4 Å². The van der Waals surface area contributed by atoms with Gasteiger partial charge < -0.3 is 10.2 Å². The maximum absolute atomic E-state index is 13.3. The zero-order chi connectivity index (χ0) is 17.4. The standard InChI is InChI=1S/C20H22ClN3O/c1-24-17-8-7-15(21)13-16(17)18(14-5-3-2-4-6-14)23-20(19(24)25)9-11-22-12-10-20/h2-8,13,18,22-23H,9-12H2,1H3. The van der Waals surface area contributed by atoms with Gasteiger partial charge in [-0.1, -0.05) is 41.9 Å². The summed E-state index contributed by atoms with van der Waals surface area (Å²) < 4.78 is 0. The number of piperidine rings is 1. The van der Waals surface area contributed by atoms with Crippen molar-refractivity contribution in [3.63, 3.8) is 0 Å². The third-order valence-electron chi connectivity index (χ3n) is 5.39. The van der Waals surface area contributed by atoms with Gasteiger partial charge in [-0.05, 0) is 55.3 Å². The van der Waals surface area contributed by atoms with Gasteiger partial charge in [0.1, 0.15) is 5.54 Å². The maximum Gasteiger partial charge on any atom is 0.247 e. The van der Waals surface area contributed by atoms with Crippen LogP contribution in [0.2, 0.25) is 5.02 Å². The molecule has 4 nitrogen and oxygen atoms in total. The lowest BCUT2D eigenvalue weighted by Gasteiger charge is -2.39. The molecule has 0 radical (unpaired) electrons. The monoisotopic (exact) mass is 355 g/mol. The Hall–Kier alpha value is -1.88. The molecule has 2 aliphatic heterocycles. The summed E-state index contributed by atoms with van der Waals surface area (Å²) in [4.78, 5) is 15.1. The van der Waals surface area contributed by atoms with Crippen molar-refractivity contribution in [3.05, 3.63) is 64.7 Å². The highest BCUT2D eigenvalue weighted by atomic mass is 35.5. The number of anilines is 1. The van der Waals surface area contributed by atoms with Crippen molar-refractivity contribution < 1.29 is 4.79 Å². The Kier molecular flexibility index (Phi) is 4.28. The lowest BCUT2D eigenvalue weighted by atomic mass is 9.85. The first-order valence-electron chi connectivity index (χ1n) is 8.72. The molecule has 2 aliphatic rings. The molecule has 2 aromatic carbocycles. The van der Waals surface area contributed by atoms with Crippen LogP contribution in [0.3, 0.4) is 0 Å². The molecule has 2 N–H and O–H groups in total. The minimum absolute atomic E-state index is 0.0677. The van der Waals surface area contributed by atoms with Crippen LogP contribution in [-0.2, 0) is 4.79 Å². The fourth-order valence-corrected chi connectivity index (χ4v) is 4.21. The van der Waals surface area contributed by atoms with Crippen LogP contribution >= 0.6 is 11.6 Å². The molecule has 4 rings (SSSR count). The Morgan fingerprint density at radius 1 is 1.12 bits per heavy atom. The number of nitrogens with one attached hydrogen (secondary N) is 2. The van der Waals surface area contributed by atoms with Gasteiger partial charge in [-0.15, -0.1) is 0 Å². The van der Waals surface area contributed by atoms with Crippen LogP contribution in [0.25, 0.3) is 0 Å². The lowest BCUT2D eigenvalue weighted by Crippen LogP contribution is -2.61. The number of halogens is 1. The largest absolute Gasteiger partial charge is 0.317 e. The van der Waals surface area contributed by atoms with E-state index in [0.717, 1.165) is 42.7 Å². The second-order valence-corrected chi connectivity index (χ2v) is 7.32. The lowest BCUT2D eigenvalue weighted by molar-refractivity contribution is -0.125. The van der Waals surface area contributed by atoms with E-state index in [2.05, 4.69) is 22.8 Å². The average molecular weight is 356 g/mol. The molecule has 1 saturated heterocycles. The number of hydrogen-bond donors (Lipinski definition) is 2. The molecule has 1 amide bonds. The summed E-state index contributed by atoms with van der Waals surface area (Å²) in [6.45, 7) is 1.68. The van der Waals surface area contributed by atoms with E-state index in [1.807, 2.05) is 43.4 Å². The van der Waals surface area contributed by atoms with Gasteiger partial charge in [0.15, 0.2) is 0 Å². The van der Waals surface area contributed by atoms with Crippen LogP contribution in [0, 0.1) is 0 Å². The van der Waals surface area contributed by atoms with Gasteiger partial charge in [0, 0.05) is 17.8 Å². The van der Waals surface area contributed by atoms with Crippen LogP contribution in [0.4, 0.5) is 5.69 Å². The summed E-state index contributed by atoms with van der Waals surface area (Å²) in [7, 11) is 1.87. The summed E-state index contributed by atoms with van der Waals surface area (Å²) in [6.07, 6.45) is 1.56. The molecule has 1 fully saturated rings. The Morgan fingerprint density at radius 3 is 2.56 bits per heavy atom. The second-order valence-electron chi connectivity index (χ2n) is 6.89. The number of carbonyl (C=O) groups is 1. The van der Waals surface area contributed by atoms with E-state index in [9.17, 15) is 4.79 Å². The van der Waals surface area contributed by atoms with Crippen LogP contribution in [0.15, 0.2) is 48.5 Å². The highest BCUT2D eigenvalue weighted by Crippen LogP contribution is 2.39. The highest BCUT2D eigenvalue weighted by Gasteiger charge is 2.46. The molecular weight excluding hydrogens is 334 g/mol. The van der Waals surface area contributed by atoms with Gasteiger partial charge >= 0.3 is 0 Å². The summed E-state index contributed by atoms with van der Waals surface area (Å²) in [5.74, 6) is 0.135. The van der Waals surface area contributed by atoms with Crippen molar-refractivity contribution in [1.29, 1.82) is 0 Å². The third-order valence-corrected chi connectivity index (χ3v) is 5.62. The Labute approximate surface area is 153 Å². The molecule has 5 heteroatoms. The number of carbonyl (C=O) groups excluding carboxylic acids is 1. The smallest absolute Gasteiger partial charge is 0.247 e. The number of fused-ring (bicyclic) bond motifs is 1. The van der Waals surface area contributed by atoms with E-state index in [0.29, 0.717) is 5.02 Å². The molecule has 1 spiro atoms. The zero-order valence-electron chi connectivity index (χ0n) is 14.3. The molecule has 0 bridgehead atoms. The van der Waals surface area contributed by atoms with Gasteiger partial charge in [-0.2, -0.15) is 0 Å². The fourth-order valence-electron chi connectivity index (χ4n) is 4.03. The van der Waals surface area contributed by atoms with Crippen molar-refractivity contribution >= 4 is 23.2 Å². The maximum atomic E-state index is 13.3. The molecule has 0 aliphatic carbocycles. The summed E-state index contributed by atoms with van der Waals surface area (Å²) in [6, 6.07) is 16.0. The molecular formula is C20H22ClN3O. The molecule has 2 aromatic rings. The predicted molar refractivity (Wildman–Crippen MR) is 101 cm³/mol.